The van der Waals surface area contributed by atoms with Crippen molar-refractivity contribution in [2.24, 2.45) is 0 Å². The molecule has 0 unspecified atom stereocenters. The normalized spacial score (nSPS) is 10.6. The maximum absolute atomic E-state index is 2.32. The van der Waals surface area contributed by atoms with E-state index in [-0.39, 0.29) is 0 Å². The van der Waals surface area contributed by atoms with Gasteiger partial charge in [-0.1, -0.05) is 48.5 Å². The molecule has 21 heavy (non-hydrogen) atoms. The van der Waals surface area contributed by atoms with Gasteiger partial charge in [-0.2, -0.15) is 4.57 Å². The molecule has 0 bridgehead atoms. The summed E-state index contributed by atoms with van der Waals surface area (Å²) in [5.41, 5.74) is 6.43. The summed E-state index contributed by atoms with van der Waals surface area (Å²) in [6.45, 7) is 5.34. The number of aryl methyl sites for hydroxylation is 2. The Bertz CT molecular complexity index is 731. The lowest BCUT2D eigenvalue weighted by Crippen LogP contribution is -2.35. The van der Waals surface area contributed by atoms with Gasteiger partial charge < -0.3 is 0 Å². The van der Waals surface area contributed by atoms with Crippen LogP contribution < -0.4 is 4.57 Å². The number of hydrogen-bond acceptors (Lipinski definition) is 0. The Morgan fingerprint density at radius 2 is 1.38 bits per heavy atom. The van der Waals surface area contributed by atoms with E-state index in [0.29, 0.717) is 0 Å². The van der Waals surface area contributed by atoms with Crippen LogP contribution in [0.1, 0.15) is 12.5 Å². The first-order valence-electron chi connectivity index (χ1n) is 7.44. The molecule has 1 heteroatoms. The van der Waals surface area contributed by atoms with Crippen LogP contribution in [0.25, 0.3) is 22.4 Å². The molecule has 1 nitrogen and oxygen atoms in total. The molecule has 0 fully saturated rings. The fourth-order valence-corrected chi connectivity index (χ4v) is 2.73. The largest absolute Gasteiger partial charge is 0.212 e. The summed E-state index contributed by atoms with van der Waals surface area (Å²) in [5, 5.41) is 0. The predicted octanol–water partition coefficient (Wildman–Crippen LogP) is 4.64. The highest BCUT2D eigenvalue weighted by atomic mass is 14.9. The SMILES string of the molecule is CC[n+]1cc(-c2ccccc2)c(C)cc1-c1ccccc1. The molecule has 0 N–H and O–H groups in total. The van der Waals surface area contributed by atoms with Crippen molar-refractivity contribution in [1.82, 2.24) is 0 Å². The van der Waals surface area contributed by atoms with E-state index in [1.54, 1.807) is 0 Å². The van der Waals surface area contributed by atoms with Gasteiger partial charge in [-0.05, 0) is 37.1 Å². The Balaban J connectivity index is 2.16. The summed E-state index contributed by atoms with van der Waals surface area (Å²) in [6.07, 6.45) is 2.27. The number of aromatic nitrogens is 1. The van der Waals surface area contributed by atoms with Crippen molar-refractivity contribution in [3.05, 3.63) is 78.5 Å². The fourth-order valence-electron chi connectivity index (χ4n) is 2.73. The molecule has 104 valence electrons. The second kappa shape index (κ2) is 5.92. The second-order valence-electron chi connectivity index (χ2n) is 5.27. The number of pyridine rings is 1. The number of nitrogens with zero attached hydrogens (tertiary/aromatic N) is 1. The van der Waals surface area contributed by atoms with Crippen LogP contribution in [-0.2, 0) is 6.54 Å². The molecular weight excluding hydrogens is 254 g/mol. The van der Waals surface area contributed by atoms with Crippen molar-refractivity contribution in [2.45, 2.75) is 20.4 Å². The Hall–Kier alpha value is -2.41. The lowest BCUT2D eigenvalue weighted by Gasteiger charge is -2.09. The summed E-state index contributed by atoms with van der Waals surface area (Å²) in [6, 6.07) is 23.5. The van der Waals surface area contributed by atoms with Crippen molar-refractivity contribution >= 4 is 0 Å². The monoisotopic (exact) mass is 274 g/mol. The highest BCUT2D eigenvalue weighted by molar-refractivity contribution is 5.68. The Labute approximate surface area is 126 Å². The summed E-state index contributed by atoms with van der Waals surface area (Å²) in [4.78, 5) is 0. The Morgan fingerprint density at radius 1 is 0.810 bits per heavy atom. The molecule has 0 saturated heterocycles. The standard InChI is InChI=1S/C20H20N/c1-3-21-15-19(17-10-6-4-7-11-17)16(2)14-20(21)18-12-8-5-9-13-18/h4-15H,3H2,1-2H3/q+1. The van der Waals surface area contributed by atoms with Gasteiger partial charge in [0.25, 0.3) is 0 Å². The molecule has 0 atom stereocenters. The van der Waals surface area contributed by atoms with E-state index < -0.39 is 0 Å². The first-order valence-corrected chi connectivity index (χ1v) is 7.44. The van der Waals surface area contributed by atoms with Crippen molar-refractivity contribution in [3.63, 3.8) is 0 Å². The van der Waals surface area contributed by atoms with E-state index in [2.05, 4.69) is 91.3 Å². The van der Waals surface area contributed by atoms with E-state index in [1.807, 2.05) is 0 Å². The highest BCUT2D eigenvalue weighted by Crippen LogP contribution is 2.25. The molecule has 0 radical (unpaired) electrons. The average Bonchev–Trinajstić information content (AvgIpc) is 2.56. The lowest BCUT2D eigenvalue weighted by molar-refractivity contribution is -0.682. The van der Waals surface area contributed by atoms with E-state index >= 15 is 0 Å². The molecule has 3 aromatic rings. The fraction of sp³-hybridized carbons (Fsp3) is 0.150. The minimum absolute atomic E-state index is 0.963. The van der Waals surface area contributed by atoms with Crippen molar-refractivity contribution in [1.29, 1.82) is 0 Å². The van der Waals surface area contributed by atoms with Crippen molar-refractivity contribution < 1.29 is 4.57 Å². The Kier molecular flexibility index (Phi) is 3.83. The van der Waals surface area contributed by atoms with Gasteiger partial charge >= 0.3 is 0 Å². The first kappa shape index (κ1) is 13.6. The highest BCUT2D eigenvalue weighted by Gasteiger charge is 2.15. The van der Waals surface area contributed by atoms with Gasteiger partial charge in [0.15, 0.2) is 6.20 Å². The van der Waals surface area contributed by atoms with Crippen LogP contribution in [0, 0.1) is 6.92 Å². The van der Waals surface area contributed by atoms with Gasteiger partial charge in [0.1, 0.15) is 6.54 Å². The van der Waals surface area contributed by atoms with Crippen LogP contribution in [0.15, 0.2) is 72.9 Å². The third-order valence-electron chi connectivity index (χ3n) is 3.87. The zero-order valence-electron chi connectivity index (χ0n) is 12.6. The maximum atomic E-state index is 2.32. The molecule has 0 aliphatic carbocycles. The van der Waals surface area contributed by atoms with E-state index in [0.717, 1.165) is 6.54 Å². The van der Waals surface area contributed by atoms with Gasteiger partial charge in [0.05, 0.1) is 0 Å². The van der Waals surface area contributed by atoms with Crippen LogP contribution in [0.2, 0.25) is 0 Å². The molecule has 3 rings (SSSR count). The number of hydrogen-bond donors (Lipinski definition) is 0. The number of benzene rings is 2. The third kappa shape index (κ3) is 2.73. The molecule has 0 saturated carbocycles. The van der Waals surface area contributed by atoms with Gasteiger partial charge in [0, 0.05) is 17.2 Å². The van der Waals surface area contributed by atoms with Crippen LogP contribution in [0.4, 0.5) is 0 Å². The molecule has 1 heterocycles. The minimum Gasteiger partial charge on any atom is -0.198 e. The maximum Gasteiger partial charge on any atom is 0.212 e. The zero-order valence-corrected chi connectivity index (χ0v) is 12.6. The molecule has 1 aromatic heterocycles. The zero-order chi connectivity index (χ0) is 14.7. The van der Waals surface area contributed by atoms with Gasteiger partial charge in [-0.3, -0.25) is 0 Å². The molecule has 0 spiro atoms. The summed E-state index contributed by atoms with van der Waals surface area (Å²) >= 11 is 0. The smallest absolute Gasteiger partial charge is 0.198 e. The predicted molar refractivity (Wildman–Crippen MR) is 87.9 cm³/mol. The van der Waals surface area contributed by atoms with E-state index in [1.165, 1.54) is 27.9 Å². The van der Waals surface area contributed by atoms with E-state index in [9.17, 15) is 0 Å². The van der Waals surface area contributed by atoms with Gasteiger partial charge in [-0.25, -0.2) is 0 Å². The molecular formula is C20H20N+. The number of rotatable bonds is 3. The molecule has 0 aliphatic rings. The summed E-state index contributed by atoms with van der Waals surface area (Å²) in [7, 11) is 0. The first-order chi connectivity index (χ1) is 10.3. The van der Waals surface area contributed by atoms with Gasteiger partial charge in [-0.15, -0.1) is 0 Å². The van der Waals surface area contributed by atoms with Gasteiger partial charge in [0.2, 0.25) is 5.69 Å². The van der Waals surface area contributed by atoms with Crippen LogP contribution in [-0.4, -0.2) is 0 Å². The topological polar surface area (TPSA) is 3.88 Å². The van der Waals surface area contributed by atoms with Crippen LogP contribution in [0.5, 0.6) is 0 Å². The summed E-state index contributed by atoms with van der Waals surface area (Å²) < 4.78 is 2.32. The Morgan fingerprint density at radius 3 is 1.95 bits per heavy atom. The van der Waals surface area contributed by atoms with Crippen LogP contribution >= 0.6 is 0 Å². The van der Waals surface area contributed by atoms with Crippen LogP contribution in [0.3, 0.4) is 0 Å². The van der Waals surface area contributed by atoms with E-state index in [4.69, 9.17) is 0 Å². The van der Waals surface area contributed by atoms with Crippen molar-refractivity contribution in [3.8, 4) is 22.4 Å². The average molecular weight is 274 g/mol. The molecule has 2 aromatic carbocycles. The quantitative estimate of drug-likeness (QED) is 0.613. The summed E-state index contributed by atoms with van der Waals surface area (Å²) in [5.74, 6) is 0. The molecule has 0 aliphatic heterocycles. The lowest BCUT2D eigenvalue weighted by atomic mass is 10.00. The van der Waals surface area contributed by atoms with Crippen molar-refractivity contribution in [2.75, 3.05) is 0 Å². The third-order valence-corrected chi connectivity index (χ3v) is 3.87. The second-order valence-corrected chi connectivity index (χ2v) is 5.27. The minimum atomic E-state index is 0.963. The molecule has 0 amide bonds.